The third kappa shape index (κ3) is 2.33. The van der Waals surface area contributed by atoms with Crippen LogP contribution in [0.3, 0.4) is 0 Å². The van der Waals surface area contributed by atoms with Crippen molar-refractivity contribution >= 4 is 11.9 Å². The normalized spacial score (nSPS) is 29.0. The van der Waals surface area contributed by atoms with Gasteiger partial charge in [0, 0.05) is 0 Å². The predicted molar refractivity (Wildman–Crippen MR) is 80.6 cm³/mol. The molecule has 1 aliphatic heterocycles. The van der Waals surface area contributed by atoms with Gasteiger partial charge in [-0.15, -0.1) is 0 Å². The number of carbonyl (C=O) groups excluding carboxylic acids is 2. The molecule has 4 nitrogen and oxygen atoms in total. The van der Waals surface area contributed by atoms with E-state index < -0.39 is 5.54 Å². The van der Waals surface area contributed by atoms with Gasteiger partial charge >= 0.3 is 6.03 Å². The standard InChI is InChI=1S/C17H22N2O2/c1-12-6-5-8-14(10-12)11-19-15(20)17(18-16(19)21)9-4-3-7-13(17)2/h5-6,8,10,13H,3-4,7,9,11H2,1-2H3,(H,18,21)/t13-,17-/m1/s1. The second kappa shape index (κ2) is 5.17. The molecule has 1 aromatic rings. The number of hydrogen-bond donors (Lipinski definition) is 1. The molecule has 0 bridgehead atoms. The Balaban J connectivity index is 1.84. The molecule has 1 spiro atoms. The summed E-state index contributed by atoms with van der Waals surface area (Å²) in [5.41, 5.74) is 1.48. The molecule has 0 radical (unpaired) electrons. The second-order valence-electron chi connectivity index (χ2n) is 6.43. The van der Waals surface area contributed by atoms with Gasteiger partial charge in [0.15, 0.2) is 0 Å². The zero-order valence-corrected chi connectivity index (χ0v) is 12.7. The maximum Gasteiger partial charge on any atom is 0.325 e. The maximum atomic E-state index is 12.8. The molecule has 112 valence electrons. The average Bonchev–Trinajstić information content (AvgIpc) is 2.68. The third-order valence-electron chi connectivity index (χ3n) is 4.92. The van der Waals surface area contributed by atoms with Crippen molar-refractivity contribution in [3.05, 3.63) is 35.4 Å². The number of nitrogens with zero attached hydrogens (tertiary/aromatic N) is 1. The molecule has 1 heterocycles. The molecule has 2 atom stereocenters. The van der Waals surface area contributed by atoms with Crippen LogP contribution in [0.2, 0.25) is 0 Å². The summed E-state index contributed by atoms with van der Waals surface area (Å²) in [4.78, 5) is 26.5. The lowest BCUT2D eigenvalue weighted by atomic mass is 9.73. The molecular formula is C17H22N2O2. The van der Waals surface area contributed by atoms with Crippen LogP contribution in [0.1, 0.15) is 43.7 Å². The highest BCUT2D eigenvalue weighted by Crippen LogP contribution is 2.38. The van der Waals surface area contributed by atoms with E-state index in [1.165, 1.54) is 4.90 Å². The number of rotatable bonds is 2. The van der Waals surface area contributed by atoms with Crippen molar-refractivity contribution in [3.8, 4) is 0 Å². The van der Waals surface area contributed by atoms with Crippen molar-refractivity contribution in [2.45, 2.75) is 51.6 Å². The van der Waals surface area contributed by atoms with Crippen molar-refractivity contribution in [2.24, 2.45) is 5.92 Å². The summed E-state index contributed by atoms with van der Waals surface area (Å²) < 4.78 is 0. The molecule has 2 aliphatic rings. The topological polar surface area (TPSA) is 49.4 Å². The van der Waals surface area contributed by atoms with Crippen LogP contribution in [0.4, 0.5) is 4.79 Å². The summed E-state index contributed by atoms with van der Waals surface area (Å²) in [5, 5.41) is 2.99. The summed E-state index contributed by atoms with van der Waals surface area (Å²) in [7, 11) is 0. The smallest absolute Gasteiger partial charge is 0.323 e. The first kappa shape index (κ1) is 14.1. The number of benzene rings is 1. The van der Waals surface area contributed by atoms with Crippen molar-refractivity contribution < 1.29 is 9.59 Å². The van der Waals surface area contributed by atoms with Crippen LogP contribution >= 0.6 is 0 Å². The predicted octanol–water partition coefficient (Wildman–Crippen LogP) is 3.00. The Morgan fingerprint density at radius 3 is 2.86 bits per heavy atom. The van der Waals surface area contributed by atoms with Gasteiger partial charge in [0.05, 0.1) is 6.54 Å². The van der Waals surface area contributed by atoms with Crippen molar-refractivity contribution in [2.75, 3.05) is 0 Å². The molecule has 3 rings (SSSR count). The molecule has 0 unspecified atom stereocenters. The van der Waals surface area contributed by atoms with E-state index in [0.717, 1.165) is 36.8 Å². The molecule has 3 amide bonds. The second-order valence-corrected chi connectivity index (χ2v) is 6.43. The van der Waals surface area contributed by atoms with Gasteiger partial charge < -0.3 is 5.32 Å². The van der Waals surface area contributed by atoms with Crippen LogP contribution in [0.25, 0.3) is 0 Å². The number of urea groups is 1. The van der Waals surface area contributed by atoms with Gasteiger partial charge in [-0.05, 0) is 31.2 Å². The molecule has 1 aliphatic carbocycles. The Labute approximate surface area is 125 Å². The zero-order chi connectivity index (χ0) is 15.0. The molecule has 1 aromatic carbocycles. The Morgan fingerprint density at radius 1 is 1.33 bits per heavy atom. The Morgan fingerprint density at radius 2 is 2.14 bits per heavy atom. The van der Waals surface area contributed by atoms with Crippen molar-refractivity contribution in [1.29, 1.82) is 0 Å². The number of hydrogen-bond acceptors (Lipinski definition) is 2. The Bertz CT molecular complexity index is 584. The molecule has 1 N–H and O–H groups in total. The molecule has 21 heavy (non-hydrogen) atoms. The van der Waals surface area contributed by atoms with E-state index in [2.05, 4.69) is 12.2 Å². The van der Waals surface area contributed by atoms with E-state index in [0.29, 0.717) is 6.54 Å². The minimum atomic E-state index is -0.654. The lowest BCUT2D eigenvalue weighted by Crippen LogP contribution is -2.53. The zero-order valence-electron chi connectivity index (χ0n) is 12.7. The number of nitrogens with one attached hydrogen (secondary N) is 1. The first-order valence-electron chi connectivity index (χ1n) is 7.72. The summed E-state index contributed by atoms with van der Waals surface area (Å²) in [6.07, 6.45) is 3.92. The Hall–Kier alpha value is -1.84. The average molecular weight is 286 g/mol. The van der Waals surface area contributed by atoms with E-state index in [1.807, 2.05) is 31.2 Å². The van der Waals surface area contributed by atoms with Gasteiger partial charge in [-0.2, -0.15) is 0 Å². The highest BCUT2D eigenvalue weighted by Gasteiger charge is 2.54. The van der Waals surface area contributed by atoms with Crippen molar-refractivity contribution in [1.82, 2.24) is 10.2 Å². The first-order chi connectivity index (χ1) is 10.0. The summed E-state index contributed by atoms with van der Waals surface area (Å²) >= 11 is 0. The SMILES string of the molecule is Cc1cccc(CN2C(=O)N[C@@]3(CCCC[C@H]3C)C2=O)c1. The van der Waals surface area contributed by atoms with E-state index in [-0.39, 0.29) is 17.9 Å². The van der Waals surface area contributed by atoms with Crippen LogP contribution in [0, 0.1) is 12.8 Å². The number of carbonyl (C=O) groups is 2. The molecule has 4 heteroatoms. The lowest BCUT2D eigenvalue weighted by Gasteiger charge is -2.36. The van der Waals surface area contributed by atoms with E-state index in [9.17, 15) is 9.59 Å². The van der Waals surface area contributed by atoms with Gasteiger partial charge in [0.2, 0.25) is 0 Å². The van der Waals surface area contributed by atoms with Crippen molar-refractivity contribution in [3.63, 3.8) is 0 Å². The van der Waals surface area contributed by atoms with Crippen LogP contribution in [-0.2, 0) is 11.3 Å². The van der Waals surface area contributed by atoms with Gasteiger partial charge in [0.1, 0.15) is 5.54 Å². The highest BCUT2D eigenvalue weighted by atomic mass is 16.2. The van der Waals surface area contributed by atoms with Crippen LogP contribution < -0.4 is 5.32 Å². The highest BCUT2D eigenvalue weighted by molar-refractivity contribution is 6.07. The van der Waals surface area contributed by atoms with Gasteiger partial charge in [0.25, 0.3) is 5.91 Å². The molecule has 2 fully saturated rings. The maximum absolute atomic E-state index is 12.8. The fourth-order valence-electron chi connectivity index (χ4n) is 3.63. The number of aryl methyl sites for hydroxylation is 1. The van der Waals surface area contributed by atoms with Gasteiger partial charge in [-0.3, -0.25) is 9.69 Å². The third-order valence-corrected chi connectivity index (χ3v) is 4.92. The largest absolute Gasteiger partial charge is 0.325 e. The van der Waals surface area contributed by atoms with Crippen LogP contribution in [-0.4, -0.2) is 22.4 Å². The van der Waals surface area contributed by atoms with E-state index in [4.69, 9.17) is 0 Å². The fraction of sp³-hybridized carbons (Fsp3) is 0.529. The van der Waals surface area contributed by atoms with Crippen LogP contribution in [0.15, 0.2) is 24.3 Å². The fourth-order valence-corrected chi connectivity index (χ4v) is 3.63. The molecule has 1 saturated heterocycles. The monoisotopic (exact) mass is 286 g/mol. The summed E-state index contributed by atoms with van der Waals surface area (Å²) in [5.74, 6) is 0.173. The van der Waals surface area contributed by atoms with Gasteiger partial charge in [-0.25, -0.2) is 4.79 Å². The lowest BCUT2D eigenvalue weighted by molar-refractivity contribution is -0.134. The minimum Gasteiger partial charge on any atom is -0.323 e. The van der Waals surface area contributed by atoms with E-state index >= 15 is 0 Å². The van der Waals surface area contributed by atoms with Gasteiger partial charge in [-0.1, -0.05) is 49.6 Å². The minimum absolute atomic E-state index is 0.0405. The van der Waals surface area contributed by atoms with E-state index in [1.54, 1.807) is 0 Å². The van der Waals surface area contributed by atoms with Crippen LogP contribution in [0.5, 0.6) is 0 Å². The Kier molecular flexibility index (Phi) is 3.47. The molecule has 1 saturated carbocycles. The quantitative estimate of drug-likeness (QED) is 0.850. The molecular weight excluding hydrogens is 264 g/mol. The number of amides is 3. The summed E-state index contributed by atoms with van der Waals surface area (Å²) in [6.45, 7) is 4.45. The first-order valence-corrected chi connectivity index (χ1v) is 7.72. The summed E-state index contributed by atoms with van der Waals surface area (Å²) in [6, 6.07) is 7.72. The molecule has 0 aromatic heterocycles. The number of imide groups is 1.